The van der Waals surface area contributed by atoms with Crippen LogP contribution in [0.3, 0.4) is 0 Å². The molecule has 0 unspecified atom stereocenters. The Morgan fingerprint density at radius 2 is 2.13 bits per heavy atom. The minimum Gasteiger partial charge on any atom is -0.346 e. The number of aryl methyl sites for hydroxylation is 1. The second-order valence-electron chi connectivity index (χ2n) is 6.59. The first-order valence-electron chi connectivity index (χ1n) is 8.35. The molecule has 0 aliphatic heterocycles. The van der Waals surface area contributed by atoms with Gasteiger partial charge in [-0.1, -0.05) is 45.4 Å². The summed E-state index contributed by atoms with van der Waals surface area (Å²) in [5, 5.41) is 7.47. The maximum atomic E-state index is 12.3. The van der Waals surface area contributed by atoms with Crippen molar-refractivity contribution in [2.45, 2.75) is 52.5 Å². The number of carbonyl (C=O) groups is 1. The molecule has 1 fully saturated rings. The summed E-state index contributed by atoms with van der Waals surface area (Å²) in [5.74, 6) is 1.80. The SMILES string of the molecule is CC[C@@H]1C[C@H]1NC(=O)c1nc(C)n(-c2ccccc2C(C)C)n1. The van der Waals surface area contributed by atoms with Crippen molar-refractivity contribution >= 4 is 5.91 Å². The van der Waals surface area contributed by atoms with Gasteiger partial charge in [-0.15, -0.1) is 5.10 Å². The zero-order chi connectivity index (χ0) is 16.6. The minimum atomic E-state index is -0.171. The molecule has 2 aromatic rings. The lowest BCUT2D eigenvalue weighted by Gasteiger charge is -2.12. The Balaban J connectivity index is 1.86. The summed E-state index contributed by atoms with van der Waals surface area (Å²) in [5.41, 5.74) is 2.19. The second-order valence-corrected chi connectivity index (χ2v) is 6.59. The first-order valence-corrected chi connectivity index (χ1v) is 8.35. The first-order chi connectivity index (χ1) is 11.0. The third kappa shape index (κ3) is 3.14. The van der Waals surface area contributed by atoms with Crippen LogP contribution in [0.5, 0.6) is 0 Å². The van der Waals surface area contributed by atoms with Gasteiger partial charge in [-0.05, 0) is 36.8 Å². The van der Waals surface area contributed by atoms with Gasteiger partial charge in [0.05, 0.1) is 5.69 Å². The highest BCUT2D eigenvalue weighted by Crippen LogP contribution is 2.33. The highest BCUT2D eigenvalue weighted by atomic mass is 16.2. The maximum Gasteiger partial charge on any atom is 0.291 e. The van der Waals surface area contributed by atoms with E-state index in [1.807, 2.05) is 25.1 Å². The highest BCUT2D eigenvalue weighted by molar-refractivity contribution is 5.90. The number of aromatic nitrogens is 3. The standard InChI is InChI=1S/C18H24N4O/c1-5-13-10-15(13)20-18(23)17-19-12(4)22(21-17)16-9-7-6-8-14(16)11(2)3/h6-9,11,13,15H,5,10H2,1-4H3,(H,20,23)/t13-,15-/m1/s1. The van der Waals surface area contributed by atoms with Crippen LogP contribution in [0.4, 0.5) is 0 Å². The Morgan fingerprint density at radius 1 is 1.39 bits per heavy atom. The molecule has 1 amide bonds. The maximum absolute atomic E-state index is 12.3. The van der Waals surface area contributed by atoms with Crippen LogP contribution in [-0.4, -0.2) is 26.7 Å². The van der Waals surface area contributed by atoms with Crippen LogP contribution < -0.4 is 5.32 Å². The number of nitrogens with zero attached hydrogens (tertiary/aromatic N) is 3. The van der Waals surface area contributed by atoms with Crippen molar-refractivity contribution in [1.82, 2.24) is 20.1 Å². The molecule has 1 aromatic heterocycles. The van der Waals surface area contributed by atoms with Crippen LogP contribution in [0.25, 0.3) is 5.69 Å². The number of benzene rings is 1. The molecule has 0 radical (unpaired) electrons. The van der Waals surface area contributed by atoms with Gasteiger partial charge in [0.25, 0.3) is 5.91 Å². The van der Waals surface area contributed by atoms with Gasteiger partial charge in [0.15, 0.2) is 0 Å². The number of carbonyl (C=O) groups excluding carboxylic acids is 1. The topological polar surface area (TPSA) is 59.8 Å². The van der Waals surface area contributed by atoms with Gasteiger partial charge in [0.1, 0.15) is 5.82 Å². The average Bonchev–Trinajstić information content (AvgIpc) is 3.17. The second kappa shape index (κ2) is 6.14. The monoisotopic (exact) mass is 312 g/mol. The Labute approximate surface area is 137 Å². The van der Waals surface area contributed by atoms with Crippen molar-refractivity contribution in [1.29, 1.82) is 0 Å². The molecule has 5 nitrogen and oxygen atoms in total. The minimum absolute atomic E-state index is 0.171. The van der Waals surface area contributed by atoms with E-state index in [4.69, 9.17) is 0 Å². The fourth-order valence-corrected chi connectivity index (χ4v) is 2.99. The normalized spacial score (nSPS) is 19.9. The van der Waals surface area contributed by atoms with E-state index in [9.17, 15) is 4.79 Å². The van der Waals surface area contributed by atoms with Crippen LogP contribution in [0.1, 0.15) is 61.5 Å². The smallest absolute Gasteiger partial charge is 0.291 e. The number of nitrogens with one attached hydrogen (secondary N) is 1. The lowest BCUT2D eigenvalue weighted by molar-refractivity contribution is 0.0938. The Hall–Kier alpha value is -2.17. The van der Waals surface area contributed by atoms with Crippen LogP contribution in [0, 0.1) is 12.8 Å². The largest absolute Gasteiger partial charge is 0.346 e. The molecular weight excluding hydrogens is 288 g/mol. The van der Waals surface area contributed by atoms with E-state index in [0.717, 1.165) is 24.4 Å². The number of para-hydroxylation sites is 1. The summed E-state index contributed by atoms with van der Waals surface area (Å²) < 4.78 is 1.77. The third-order valence-electron chi connectivity index (χ3n) is 4.52. The molecule has 0 saturated heterocycles. The van der Waals surface area contributed by atoms with Crippen molar-refractivity contribution in [2.24, 2.45) is 5.92 Å². The zero-order valence-corrected chi connectivity index (χ0v) is 14.2. The molecule has 3 rings (SSSR count). The summed E-state index contributed by atoms with van der Waals surface area (Å²) >= 11 is 0. The van der Waals surface area contributed by atoms with Crippen molar-refractivity contribution in [3.8, 4) is 5.69 Å². The van der Waals surface area contributed by atoms with Crippen LogP contribution in [0.15, 0.2) is 24.3 Å². The van der Waals surface area contributed by atoms with Gasteiger partial charge in [-0.3, -0.25) is 4.79 Å². The third-order valence-corrected chi connectivity index (χ3v) is 4.52. The number of hydrogen-bond acceptors (Lipinski definition) is 3. The van der Waals surface area contributed by atoms with Crippen LogP contribution >= 0.6 is 0 Å². The van der Waals surface area contributed by atoms with E-state index in [2.05, 4.69) is 42.2 Å². The van der Waals surface area contributed by atoms with Crippen molar-refractivity contribution in [2.75, 3.05) is 0 Å². The summed E-state index contributed by atoms with van der Waals surface area (Å²) in [7, 11) is 0. The van der Waals surface area contributed by atoms with Crippen molar-refractivity contribution in [3.63, 3.8) is 0 Å². The molecule has 122 valence electrons. The van der Waals surface area contributed by atoms with Gasteiger partial charge in [0, 0.05) is 6.04 Å². The van der Waals surface area contributed by atoms with Crippen molar-refractivity contribution in [3.05, 3.63) is 41.5 Å². The van der Waals surface area contributed by atoms with Crippen LogP contribution in [-0.2, 0) is 0 Å². The molecule has 1 heterocycles. The molecular formula is C18H24N4O. The number of amides is 1. The molecule has 1 saturated carbocycles. The molecule has 1 N–H and O–H groups in total. The highest BCUT2D eigenvalue weighted by Gasteiger charge is 2.37. The summed E-state index contributed by atoms with van der Waals surface area (Å²) in [6.07, 6.45) is 2.17. The van der Waals surface area contributed by atoms with Gasteiger partial charge in [-0.2, -0.15) is 0 Å². The summed E-state index contributed by atoms with van der Waals surface area (Å²) in [6.45, 7) is 8.33. The van der Waals surface area contributed by atoms with Gasteiger partial charge in [-0.25, -0.2) is 9.67 Å². The Kier molecular flexibility index (Phi) is 4.20. The molecule has 0 spiro atoms. The molecule has 2 atom stereocenters. The summed E-state index contributed by atoms with van der Waals surface area (Å²) in [4.78, 5) is 16.7. The zero-order valence-electron chi connectivity index (χ0n) is 14.2. The van der Waals surface area contributed by atoms with E-state index in [0.29, 0.717) is 17.9 Å². The fraction of sp³-hybridized carbons (Fsp3) is 0.500. The van der Waals surface area contributed by atoms with E-state index < -0.39 is 0 Å². The van der Waals surface area contributed by atoms with E-state index >= 15 is 0 Å². The van der Waals surface area contributed by atoms with Crippen molar-refractivity contribution < 1.29 is 4.79 Å². The van der Waals surface area contributed by atoms with Gasteiger partial charge < -0.3 is 5.32 Å². The van der Waals surface area contributed by atoms with E-state index in [-0.39, 0.29) is 11.7 Å². The predicted molar refractivity (Wildman–Crippen MR) is 89.8 cm³/mol. The number of rotatable bonds is 5. The fourth-order valence-electron chi connectivity index (χ4n) is 2.99. The Bertz CT molecular complexity index is 720. The lowest BCUT2D eigenvalue weighted by atomic mass is 10.0. The number of hydrogen-bond donors (Lipinski definition) is 1. The van der Waals surface area contributed by atoms with Crippen LogP contribution in [0.2, 0.25) is 0 Å². The molecule has 0 bridgehead atoms. The molecule has 1 aliphatic rings. The average molecular weight is 312 g/mol. The quantitative estimate of drug-likeness (QED) is 0.922. The predicted octanol–water partition coefficient (Wildman–Crippen LogP) is 3.23. The first kappa shape index (κ1) is 15.7. The van der Waals surface area contributed by atoms with Gasteiger partial charge >= 0.3 is 0 Å². The molecule has 1 aromatic carbocycles. The summed E-state index contributed by atoms with van der Waals surface area (Å²) in [6, 6.07) is 8.42. The Morgan fingerprint density at radius 3 is 2.78 bits per heavy atom. The van der Waals surface area contributed by atoms with E-state index in [1.54, 1.807) is 4.68 Å². The van der Waals surface area contributed by atoms with E-state index in [1.165, 1.54) is 5.56 Å². The van der Waals surface area contributed by atoms with Gasteiger partial charge in [0.2, 0.25) is 5.82 Å². The molecule has 5 heteroatoms. The lowest BCUT2D eigenvalue weighted by Crippen LogP contribution is -2.28. The molecule has 23 heavy (non-hydrogen) atoms. The molecule has 1 aliphatic carbocycles.